The lowest BCUT2D eigenvalue weighted by Gasteiger charge is -2.35. The summed E-state index contributed by atoms with van der Waals surface area (Å²) < 4.78 is 5.14. The zero-order valence-electron chi connectivity index (χ0n) is 20.2. The fraction of sp³-hybridized carbons (Fsp3) is 0.346. The molecule has 1 aliphatic heterocycles. The lowest BCUT2D eigenvalue weighted by Crippen LogP contribution is -2.57. The van der Waals surface area contributed by atoms with Crippen LogP contribution in [0.15, 0.2) is 54.6 Å². The van der Waals surface area contributed by atoms with Gasteiger partial charge < -0.3 is 30.2 Å². The molecule has 35 heavy (non-hydrogen) atoms. The largest absolute Gasteiger partial charge is 0.497 e. The summed E-state index contributed by atoms with van der Waals surface area (Å²) in [7, 11) is 1.58. The molecule has 2 aromatic carbocycles. The van der Waals surface area contributed by atoms with Crippen LogP contribution in [-0.2, 0) is 4.79 Å². The Morgan fingerprint density at radius 1 is 0.943 bits per heavy atom. The highest BCUT2D eigenvalue weighted by Gasteiger charge is 2.30. The highest BCUT2D eigenvalue weighted by Crippen LogP contribution is 2.18. The van der Waals surface area contributed by atoms with Crippen LogP contribution in [-0.4, -0.2) is 72.0 Å². The van der Waals surface area contributed by atoms with Crippen LogP contribution in [0.3, 0.4) is 0 Å². The average molecular weight is 478 g/mol. The number of aromatic nitrogens is 1. The number of rotatable bonds is 6. The molecular weight excluding hydrogens is 446 g/mol. The first-order valence-electron chi connectivity index (χ1n) is 11.7. The number of H-pyrrole nitrogens is 1. The third-order valence-corrected chi connectivity index (χ3v) is 6.20. The monoisotopic (exact) mass is 477 g/mol. The molecule has 2 heterocycles. The zero-order valence-corrected chi connectivity index (χ0v) is 20.2. The molecular formula is C26H31N5O4. The summed E-state index contributed by atoms with van der Waals surface area (Å²) in [4.78, 5) is 45.3. The molecule has 1 fully saturated rings. The van der Waals surface area contributed by atoms with Crippen LogP contribution < -0.4 is 15.4 Å². The molecule has 0 aliphatic carbocycles. The number of ether oxygens (including phenoxy) is 1. The van der Waals surface area contributed by atoms with Crippen molar-refractivity contribution in [2.45, 2.75) is 19.9 Å². The number of aromatic amines is 1. The molecule has 1 aromatic heterocycles. The number of para-hydroxylation sites is 1. The number of nitrogens with one attached hydrogen (secondary N) is 3. The molecule has 0 bridgehead atoms. The highest BCUT2D eigenvalue weighted by molar-refractivity contribution is 5.98. The molecule has 1 aliphatic rings. The standard InChI is InChI=1S/C26H31N5O4/c1-17(2)23(24(32)27-19-8-10-20(35-3)11-9-19)29-26(34)31-14-12-30(13-15-31)25(33)22-16-18-6-4-5-7-21(18)28-22/h4-11,16-17,23,28H,12-15H2,1-3H3,(H,27,32)(H,29,34)/t23-/m1/s1. The van der Waals surface area contributed by atoms with Gasteiger partial charge in [-0.2, -0.15) is 0 Å². The summed E-state index contributed by atoms with van der Waals surface area (Å²) in [5.74, 6) is 0.215. The molecule has 9 heteroatoms. The van der Waals surface area contributed by atoms with Crippen LogP contribution in [0.25, 0.3) is 10.9 Å². The summed E-state index contributed by atoms with van der Waals surface area (Å²) in [5.41, 5.74) is 2.08. The van der Waals surface area contributed by atoms with Gasteiger partial charge in [0, 0.05) is 42.8 Å². The second kappa shape index (κ2) is 10.5. The summed E-state index contributed by atoms with van der Waals surface area (Å²) in [5, 5.41) is 6.70. The van der Waals surface area contributed by atoms with E-state index in [-0.39, 0.29) is 23.8 Å². The fourth-order valence-corrected chi connectivity index (χ4v) is 4.13. The number of hydrogen-bond donors (Lipinski definition) is 3. The maximum Gasteiger partial charge on any atom is 0.318 e. The molecule has 0 spiro atoms. The highest BCUT2D eigenvalue weighted by atomic mass is 16.5. The minimum absolute atomic E-state index is 0.0832. The fourth-order valence-electron chi connectivity index (χ4n) is 4.13. The van der Waals surface area contributed by atoms with Crippen molar-refractivity contribution in [1.29, 1.82) is 0 Å². The van der Waals surface area contributed by atoms with E-state index in [1.54, 1.807) is 41.2 Å². The van der Waals surface area contributed by atoms with E-state index in [0.29, 0.717) is 43.3 Å². The molecule has 4 rings (SSSR count). The predicted octanol–water partition coefficient (Wildman–Crippen LogP) is 3.31. The minimum atomic E-state index is -0.699. The van der Waals surface area contributed by atoms with Crippen molar-refractivity contribution in [3.8, 4) is 5.75 Å². The van der Waals surface area contributed by atoms with Crippen LogP contribution in [0.1, 0.15) is 24.3 Å². The first-order valence-corrected chi connectivity index (χ1v) is 11.7. The van der Waals surface area contributed by atoms with Crippen molar-refractivity contribution in [2.75, 3.05) is 38.6 Å². The molecule has 3 aromatic rings. The van der Waals surface area contributed by atoms with E-state index < -0.39 is 6.04 Å². The van der Waals surface area contributed by atoms with Gasteiger partial charge >= 0.3 is 6.03 Å². The van der Waals surface area contributed by atoms with Gasteiger partial charge in [-0.05, 0) is 42.3 Å². The smallest absolute Gasteiger partial charge is 0.318 e. The first kappa shape index (κ1) is 24.1. The lowest BCUT2D eigenvalue weighted by atomic mass is 10.0. The number of urea groups is 1. The Kier molecular flexibility index (Phi) is 7.24. The first-order chi connectivity index (χ1) is 16.9. The molecule has 0 radical (unpaired) electrons. The number of methoxy groups -OCH3 is 1. The van der Waals surface area contributed by atoms with E-state index in [0.717, 1.165) is 10.9 Å². The summed E-state index contributed by atoms with van der Waals surface area (Å²) in [6, 6.07) is 15.6. The summed E-state index contributed by atoms with van der Waals surface area (Å²) >= 11 is 0. The predicted molar refractivity (Wildman–Crippen MR) is 135 cm³/mol. The summed E-state index contributed by atoms with van der Waals surface area (Å²) in [6.45, 7) is 5.40. The number of benzene rings is 2. The third kappa shape index (κ3) is 5.56. The SMILES string of the molecule is COc1ccc(NC(=O)[C@H](NC(=O)N2CCN(C(=O)c3cc4ccccc4[nH]3)CC2)C(C)C)cc1. The van der Waals surface area contributed by atoms with Crippen molar-refractivity contribution < 1.29 is 19.1 Å². The normalized spacial score (nSPS) is 14.6. The van der Waals surface area contributed by atoms with Gasteiger partial charge in [0.2, 0.25) is 5.91 Å². The molecule has 3 N–H and O–H groups in total. The average Bonchev–Trinajstić information content (AvgIpc) is 3.31. The van der Waals surface area contributed by atoms with E-state index in [9.17, 15) is 14.4 Å². The molecule has 9 nitrogen and oxygen atoms in total. The lowest BCUT2D eigenvalue weighted by molar-refractivity contribution is -0.118. The number of nitrogens with zero attached hydrogens (tertiary/aromatic N) is 2. The molecule has 0 unspecified atom stereocenters. The van der Waals surface area contributed by atoms with E-state index in [1.165, 1.54) is 0 Å². The van der Waals surface area contributed by atoms with Crippen molar-refractivity contribution in [3.05, 3.63) is 60.3 Å². The van der Waals surface area contributed by atoms with Gasteiger partial charge in [-0.25, -0.2) is 4.79 Å². The van der Waals surface area contributed by atoms with Gasteiger partial charge in [0.05, 0.1) is 7.11 Å². The Bertz CT molecular complexity index is 1160. The quantitative estimate of drug-likeness (QED) is 0.506. The molecule has 184 valence electrons. The topological polar surface area (TPSA) is 107 Å². The van der Waals surface area contributed by atoms with Crippen molar-refractivity contribution in [2.24, 2.45) is 5.92 Å². The second-order valence-electron chi connectivity index (χ2n) is 8.94. The van der Waals surface area contributed by atoms with Crippen LogP contribution in [0, 0.1) is 5.92 Å². The van der Waals surface area contributed by atoms with Crippen molar-refractivity contribution in [3.63, 3.8) is 0 Å². The number of piperazine rings is 1. The minimum Gasteiger partial charge on any atom is -0.497 e. The van der Waals surface area contributed by atoms with Gasteiger partial charge in [-0.3, -0.25) is 9.59 Å². The van der Waals surface area contributed by atoms with Crippen molar-refractivity contribution >= 4 is 34.4 Å². The zero-order chi connectivity index (χ0) is 24.9. The molecule has 4 amide bonds. The Morgan fingerprint density at radius 3 is 2.23 bits per heavy atom. The van der Waals surface area contributed by atoms with Crippen LogP contribution >= 0.6 is 0 Å². The Morgan fingerprint density at radius 2 is 1.60 bits per heavy atom. The number of anilines is 1. The van der Waals surface area contributed by atoms with Gasteiger partial charge in [0.25, 0.3) is 5.91 Å². The molecule has 1 atom stereocenters. The van der Waals surface area contributed by atoms with Crippen LogP contribution in [0.4, 0.5) is 10.5 Å². The van der Waals surface area contributed by atoms with Gasteiger partial charge in [-0.15, -0.1) is 0 Å². The number of carbonyl (C=O) groups excluding carboxylic acids is 3. The van der Waals surface area contributed by atoms with E-state index in [1.807, 2.05) is 44.2 Å². The number of amides is 4. The summed E-state index contributed by atoms with van der Waals surface area (Å²) in [6.07, 6.45) is 0. The van der Waals surface area contributed by atoms with Gasteiger partial charge in [0.1, 0.15) is 17.5 Å². The maximum absolute atomic E-state index is 12.9. The Balaban J connectivity index is 1.32. The second-order valence-corrected chi connectivity index (χ2v) is 8.94. The van der Waals surface area contributed by atoms with E-state index in [4.69, 9.17) is 4.74 Å². The van der Waals surface area contributed by atoms with Gasteiger partial charge in [-0.1, -0.05) is 32.0 Å². The molecule has 1 saturated heterocycles. The van der Waals surface area contributed by atoms with Gasteiger partial charge in [0.15, 0.2) is 0 Å². The van der Waals surface area contributed by atoms with E-state index in [2.05, 4.69) is 15.6 Å². The number of hydrogen-bond acceptors (Lipinski definition) is 4. The van der Waals surface area contributed by atoms with Crippen molar-refractivity contribution in [1.82, 2.24) is 20.1 Å². The Labute approximate surface area is 204 Å². The number of fused-ring (bicyclic) bond motifs is 1. The maximum atomic E-state index is 12.9. The Hall–Kier alpha value is -4.01. The number of carbonyl (C=O) groups is 3. The van der Waals surface area contributed by atoms with Crippen LogP contribution in [0.5, 0.6) is 5.75 Å². The molecule has 0 saturated carbocycles. The van der Waals surface area contributed by atoms with E-state index >= 15 is 0 Å². The third-order valence-electron chi connectivity index (χ3n) is 6.20. The van der Waals surface area contributed by atoms with Crippen LogP contribution in [0.2, 0.25) is 0 Å².